The minimum atomic E-state index is -5.31. The fourth-order valence-corrected chi connectivity index (χ4v) is 3.10. The standard InChI is InChI=1S/C17H13ClF3N3O3/c18-11-5-3-9(4-6-11)13-12(14(25)10-2-1-7-22-8-10)16(27,17(19,20)21)24-15(26)23-13/h1-8,12-13,27H,(H2,23,24,26). The van der Waals surface area contributed by atoms with Gasteiger partial charge in [-0.25, -0.2) is 4.79 Å². The number of ketones is 1. The minimum absolute atomic E-state index is 0.137. The Hall–Kier alpha value is -2.65. The largest absolute Gasteiger partial charge is 0.437 e. The molecule has 6 nitrogen and oxygen atoms in total. The molecular weight excluding hydrogens is 387 g/mol. The number of nitrogens with zero attached hydrogens (tertiary/aromatic N) is 1. The molecule has 10 heteroatoms. The Morgan fingerprint density at radius 2 is 1.89 bits per heavy atom. The van der Waals surface area contributed by atoms with E-state index in [0.717, 1.165) is 6.20 Å². The summed E-state index contributed by atoms with van der Waals surface area (Å²) in [6.45, 7) is 0. The van der Waals surface area contributed by atoms with Crippen LogP contribution in [0.2, 0.25) is 5.02 Å². The van der Waals surface area contributed by atoms with Crippen molar-refractivity contribution in [3.05, 3.63) is 64.9 Å². The molecule has 1 saturated heterocycles. The number of carbonyl (C=O) groups is 2. The number of benzene rings is 1. The van der Waals surface area contributed by atoms with Crippen LogP contribution in [0.1, 0.15) is 22.0 Å². The zero-order chi connectivity index (χ0) is 19.8. The Bertz CT molecular complexity index is 861. The van der Waals surface area contributed by atoms with E-state index in [9.17, 15) is 27.9 Å². The minimum Gasteiger partial charge on any atom is -0.363 e. The number of halogens is 4. The van der Waals surface area contributed by atoms with Gasteiger partial charge in [-0.15, -0.1) is 0 Å². The van der Waals surface area contributed by atoms with Gasteiger partial charge in [0.05, 0.1) is 6.04 Å². The predicted octanol–water partition coefficient (Wildman–Crippen LogP) is 2.84. The highest BCUT2D eigenvalue weighted by atomic mass is 35.5. The van der Waals surface area contributed by atoms with E-state index in [-0.39, 0.29) is 11.1 Å². The highest BCUT2D eigenvalue weighted by molar-refractivity contribution is 6.30. The van der Waals surface area contributed by atoms with Gasteiger partial charge in [0.1, 0.15) is 5.92 Å². The van der Waals surface area contributed by atoms with Crippen molar-refractivity contribution in [2.24, 2.45) is 5.92 Å². The second-order valence-corrected chi connectivity index (χ2v) is 6.41. The zero-order valence-corrected chi connectivity index (χ0v) is 14.3. The Morgan fingerprint density at radius 1 is 1.22 bits per heavy atom. The number of carbonyl (C=O) groups excluding carboxylic acids is 2. The van der Waals surface area contributed by atoms with E-state index in [1.54, 1.807) is 0 Å². The molecule has 1 aromatic carbocycles. The lowest BCUT2D eigenvalue weighted by atomic mass is 9.77. The Labute approximate surface area is 156 Å². The maximum Gasteiger partial charge on any atom is 0.437 e. The summed E-state index contributed by atoms with van der Waals surface area (Å²) in [5, 5.41) is 14.5. The summed E-state index contributed by atoms with van der Waals surface area (Å²) in [4.78, 5) is 28.5. The first-order valence-electron chi connectivity index (χ1n) is 7.71. The molecule has 3 atom stereocenters. The summed E-state index contributed by atoms with van der Waals surface area (Å²) in [5.74, 6) is -3.13. The topological polar surface area (TPSA) is 91.3 Å². The van der Waals surface area contributed by atoms with E-state index in [0.29, 0.717) is 5.02 Å². The van der Waals surface area contributed by atoms with E-state index in [4.69, 9.17) is 11.6 Å². The van der Waals surface area contributed by atoms with Gasteiger partial charge in [-0.05, 0) is 29.8 Å². The maximum atomic E-state index is 13.7. The average molecular weight is 400 g/mol. The SMILES string of the molecule is O=C1NC(c2ccc(Cl)cc2)C(C(=O)c2cccnc2)C(O)(C(F)(F)F)N1. The second-order valence-electron chi connectivity index (χ2n) is 5.98. The smallest absolute Gasteiger partial charge is 0.363 e. The first kappa shape index (κ1) is 19.1. The number of amides is 2. The summed E-state index contributed by atoms with van der Waals surface area (Å²) in [5.41, 5.74) is -3.73. The summed E-state index contributed by atoms with van der Waals surface area (Å²) in [6, 6.07) is 5.51. The molecule has 3 rings (SSSR count). The number of rotatable bonds is 3. The number of aliphatic hydroxyl groups is 1. The maximum absolute atomic E-state index is 13.7. The van der Waals surface area contributed by atoms with Crippen molar-refractivity contribution in [1.82, 2.24) is 15.6 Å². The van der Waals surface area contributed by atoms with Crippen LogP contribution in [0.3, 0.4) is 0 Å². The normalized spacial score (nSPS) is 25.4. The third-order valence-electron chi connectivity index (χ3n) is 4.26. The molecule has 1 fully saturated rings. The van der Waals surface area contributed by atoms with Gasteiger partial charge in [-0.2, -0.15) is 13.2 Å². The fourth-order valence-electron chi connectivity index (χ4n) is 2.97. The van der Waals surface area contributed by atoms with Crippen molar-refractivity contribution >= 4 is 23.4 Å². The number of urea groups is 1. The van der Waals surface area contributed by atoms with Gasteiger partial charge in [-0.1, -0.05) is 23.7 Å². The number of pyridine rings is 1. The van der Waals surface area contributed by atoms with E-state index in [1.807, 2.05) is 0 Å². The van der Waals surface area contributed by atoms with Crippen LogP contribution in [0.4, 0.5) is 18.0 Å². The van der Waals surface area contributed by atoms with Gasteiger partial charge in [0, 0.05) is 23.0 Å². The summed E-state index contributed by atoms with van der Waals surface area (Å²) >= 11 is 5.80. The van der Waals surface area contributed by atoms with Gasteiger partial charge < -0.3 is 15.7 Å². The van der Waals surface area contributed by atoms with Crippen LogP contribution in [-0.4, -0.2) is 33.8 Å². The van der Waals surface area contributed by atoms with Crippen molar-refractivity contribution in [3.8, 4) is 0 Å². The Balaban J connectivity index is 2.15. The van der Waals surface area contributed by atoms with Gasteiger partial charge in [0.15, 0.2) is 5.78 Å². The van der Waals surface area contributed by atoms with Crippen LogP contribution < -0.4 is 10.6 Å². The van der Waals surface area contributed by atoms with Gasteiger partial charge >= 0.3 is 12.2 Å². The highest BCUT2D eigenvalue weighted by Crippen LogP contribution is 2.43. The molecule has 2 amide bonds. The quantitative estimate of drug-likeness (QED) is 0.692. The monoisotopic (exact) mass is 399 g/mol. The molecule has 27 heavy (non-hydrogen) atoms. The molecule has 3 unspecified atom stereocenters. The molecule has 142 valence electrons. The molecule has 1 aromatic heterocycles. The van der Waals surface area contributed by atoms with Crippen LogP contribution in [-0.2, 0) is 0 Å². The van der Waals surface area contributed by atoms with E-state index < -0.39 is 35.7 Å². The third-order valence-corrected chi connectivity index (χ3v) is 4.52. The molecule has 2 heterocycles. The molecule has 0 bridgehead atoms. The fraction of sp³-hybridized carbons (Fsp3) is 0.235. The zero-order valence-electron chi connectivity index (χ0n) is 13.5. The van der Waals surface area contributed by atoms with Crippen LogP contribution in [0.15, 0.2) is 48.8 Å². The molecule has 2 aromatic rings. The van der Waals surface area contributed by atoms with Crippen molar-refractivity contribution in [1.29, 1.82) is 0 Å². The van der Waals surface area contributed by atoms with E-state index in [1.165, 1.54) is 47.9 Å². The average Bonchev–Trinajstić information content (AvgIpc) is 2.61. The molecule has 1 aliphatic rings. The van der Waals surface area contributed by atoms with Gasteiger partial charge in [-0.3, -0.25) is 9.78 Å². The molecule has 0 radical (unpaired) electrons. The van der Waals surface area contributed by atoms with Gasteiger partial charge in [0.25, 0.3) is 0 Å². The molecule has 0 spiro atoms. The summed E-state index contributed by atoms with van der Waals surface area (Å²) in [6.07, 6.45) is -2.86. The highest BCUT2D eigenvalue weighted by Gasteiger charge is 2.66. The van der Waals surface area contributed by atoms with Crippen molar-refractivity contribution < 1.29 is 27.9 Å². The van der Waals surface area contributed by atoms with Gasteiger partial charge in [0.2, 0.25) is 5.72 Å². The number of hydrogen-bond donors (Lipinski definition) is 3. The van der Waals surface area contributed by atoms with Crippen molar-refractivity contribution in [3.63, 3.8) is 0 Å². The lowest BCUT2D eigenvalue weighted by Crippen LogP contribution is -2.72. The van der Waals surface area contributed by atoms with Crippen LogP contribution in [0, 0.1) is 5.92 Å². The summed E-state index contributed by atoms with van der Waals surface area (Å²) in [7, 11) is 0. The van der Waals surface area contributed by atoms with Crippen LogP contribution in [0.25, 0.3) is 0 Å². The number of Topliss-reactive ketones (excluding diaryl/α,β-unsaturated/α-hetero) is 1. The van der Waals surface area contributed by atoms with Crippen molar-refractivity contribution in [2.45, 2.75) is 17.9 Å². The third kappa shape index (κ3) is 3.47. The Kier molecular flexibility index (Phi) is 4.83. The first-order chi connectivity index (χ1) is 12.6. The lowest BCUT2D eigenvalue weighted by Gasteiger charge is -2.45. The van der Waals surface area contributed by atoms with Crippen LogP contribution in [0.5, 0.6) is 0 Å². The number of nitrogens with one attached hydrogen (secondary N) is 2. The summed E-state index contributed by atoms with van der Waals surface area (Å²) < 4.78 is 41.1. The first-order valence-corrected chi connectivity index (χ1v) is 8.09. The lowest BCUT2D eigenvalue weighted by molar-refractivity contribution is -0.287. The number of alkyl halides is 3. The second kappa shape index (κ2) is 6.82. The molecule has 0 aliphatic carbocycles. The van der Waals surface area contributed by atoms with E-state index >= 15 is 0 Å². The number of hydrogen-bond acceptors (Lipinski definition) is 4. The number of aromatic nitrogens is 1. The molecule has 1 aliphatic heterocycles. The molecular formula is C17H13ClF3N3O3. The van der Waals surface area contributed by atoms with E-state index in [2.05, 4.69) is 10.3 Å². The van der Waals surface area contributed by atoms with Crippen molar-refractivity contribution in [2.75, 3.05) is 0 Å². The predicted molar refractivity (Wildman–Crippen MR) is 88.9 cm³/mol. The Morgan fingerprint density at radius 3 is 2.44 bits per heavy atom. The van der Waals surface area contributed by atoms with Crippen LogP contribution >= 0.6 is 11.6 Å². The molecule has 0 saturated carbocycles. The molecule has 3 N–H and O–H groups in total.